The maximum absolute atomic E-state index is 12.3. The second kappa shape index (κ2) is 7.74. The summed E-state index contributed by atoms with van der Waals surface area (Å²) in [5.74, 6) is 1.68. The monoisotopic (exact) mass is 396 g/mol. The summed E-state index contributed by atoms with van der Waals surface area (Å²) in [7, 11) is 0. The van der Waals surface area contributed by atoms with Gasteiger partial charge in [0.1, 0.15) is 11.5 Å². The Hall–Kier alpha value is -3.32. The van der Waals surface area contributed by atoms with Gasteiger partial charge in [0.15, 0.2) is 11.5 Å². The van der Waals surface area contributed by atoms with Crippen LogP contribution in [0.15, 0.2) is 48.8 Å². The van der Waals surface area contributed by atoms with E-state index in [1.807, 2.05) is 31.2 Å². The van der Waals surface area contributed by atoms with Crippen LogP contribution in [0.3, 0.4) is 0 Å². The van der Waals surface area contributed by atoms with Crippen LogP contribution in [-0.2, 0) is 6.54 Å². The maximum atomic E-state index is 12.3. The molecule has 1 aliphatic heterocycles. The van der Waals surface area contributed by atoms with Crippen molar-refractivity contribution < 1.29 is 14.3 Å². The van der Waals surface area contributed by atoms with Gasteiger partial charge in [-0.15, -0.1) is 0 Å². The highest BCUT2D eigenvalue weighted by Gasteiger charge is 2.13. The first-order valence-electron chi connectivity index (χ1n) is 8.60. The molecule has 0 saturated carbocycles. The van der Waals surface area contributed by atoms with Gasteiger partial charge in [-0.2, -0.15) is 0 Å². The second-order valence-electron chi connectivity index (χ2n) is 6.25. The number of aromatic nitrogens is 2. The third-order valence-electron chi connectivity index (χ3n) is 4.22. The molecule has 1 amide bonds. The highest BCUT2D eigenvalue weighted by molar-refractivity contribution is 6.31. The second-order valence-corrected chi connectivity index (χ2v) is 6.65. The number of carbonyl (C=O) groups is 1. The van der Waals surface area contributed by atoms with Gasteiger partial charge in [0.2, 0.25) is 6.79 Å². The molecule has 0 atom stereocenters. The molecule has 1 aliphatic rings. The van der Waals surface area contributed by atoms with Crippen LogP contribution in [0.5, 0.6) is 11.5 Å². The summed E-state index contributed by atoms with van der Waals surface area (Å²) >= 11 is 6.08. The fourth-order valence-electron chi connectivity index (χ4n) is 2.65. The summed E-state index contributed by atoms with van der Waals surface area (Å²) in [5, 5.41) is 6.51. The third kappa shape index (κ3) is 3.99. The molecule has 142 valence electrons. The van der Waals surface area contributed by atoms with Crippen LogP contribution in [-0.4, -0.2) is 22.7 Å². The average Bonchev–Trinajstić information content (AvgIpc) is 3.17. The number of carbonyl (C=O) groups excluding carboxylic acids is 1. The van der Waals surface area contributed by atoms with Crippen molar-refractivity contribution in [1.82, 2.24) is 9.97 Å². The van der Waals surface area contributed by atoms with E-state index in [1.54, 1.807) is 12.1 Å². The first-order chi connectivity index (χ1) is 13.6. The van der Waals surface area contributed by atoms with E-state index in [-0.39, 0.29) is 18.4 Å². The molecular weight excluding hydrogens is 380 g/mol. The van der Waals surface area contributed by atoms with Crippen LogP contribution in [0, 0.1) is 6.92 Å². The quantitative estimate of drug-likeness (QED) is 0.677. The van der Waals surface area contributed by atoms with Gasteiger partial charge in [0.05, 0.1) is 12.4 Å². The van der Waals surface area contributed by atoms with Crippen molar-refractivity contribution in [3.8, 4) is 11.5 Å². The van der Waals surface area contributed by atoms with E-state index in [2.05, 4.69) is 20.6 Å². The molecule has 4 rings (SSSR count). The van der Waals surface area contributed by atoms with Crippen LogP contribution in [0.25, 0.3) is 0 Å². The highest BCUT2D eigenvalue weighted by Crippen LogP contribution is 2.32. The Balaban J connectivity index is 1.36. The third-order valence-corrected chi connectivity index (χ3v) is 4.63. The zero-order chi connectivity index (χ0) is 19.5. The molecule has 7 nitrogen and oxygen atoms in total. The molecule has 0 unspecified atom stereocenters. The predicted octanol–water partition coefficient (Wildman–Crippen LogP) is 4.03. The molecule has 2 heterocycles. The van der Waals surface area contributed by atoms with Gasteiger partial charge >= 0.3 is 0 Å². The molecule has 8 heteroatoms. The minimum Gasteiger partial charge on any atom is -0.454 e. The van der Waals surface area contributed by atoms with Crippen LogP contribution < -0.4 is 20.1 Å². The van der Waals surface area contributed by atoms with Crippen LogP contribution in [0.4, 0.5) is 11.5 Å². The number of hydrogen-bond donors (Lipinski definition) is 2. The van der Waals surface area contributed by atoms with Crippen molar-refractivity contribution in [1.29, 1.82) is 0 Å². The molecule has 28 heavy (non-hydrogen) atoms. The molecule has 0 aliphatic carbocycles. The Labute approximate surface area is 166 Å². The van der Waals surface area contributed by atoms with Crippen molar-refractivity contribution >= 4 is 29.0 Å². The number of ether oxygens (including phenoxy) is 2. The lowest BCUT2D eigenvalue weighted by Gasteiger charge is -2.08. The number of nitrogens with one attached hydrogen (secondary N) is 2. The lowest BCUT2D eigenvalue weighted by molar-refractivity contribution is 0.102. The lowest BCUT2D eigenvalue weighted by Crippen LogP contribution is -2.14. The summed E-state index contributed by atoms with van der Waals surface area (Å²) in [6, 6.07) is 11.1. The maximum Gasteiger partial charge on any atom is 0.275 e. The topological polar surface area (TPSA) is 85.4 Å². The Morgan fingerprint density at radius 1 is 1.11 bits per heavy atom. The van der Waals surface area contributed by atoms with E-state index in [9.17, 15) is 4.79 Å². The number of rotatable bonds is 5. The average molecular weight is 397 g/mol. The van der Waals surface area contributed by atoms with Crippen molar-refractivity contribution in [2.24, 2.45) is 0 Å². The minimum atomic E-state index is -0.352. The summed E-state index contributed by atoms with van der Waals surface area (Å²) in [4.78, 5) is 20.7. The first kappa shape index (κ1) is 18.1. The minimum absolute atomic E-state index is 0.213. The van der Waals surface area contributed by atoms with Crippen molar-refractivity contribution in [3.63, 3.8) is 0 Å². The number of nitrogens with zero attached hydrogens (tertiary/aromatic N) is 2. The summed E-state index contributed by atoms with van der Waals surface area (Å²) in [6.45, 7) is 2.68. The van der Waals surface area contributed by atoms with Crippen molar-refractivity contribution in [2.45, 2.75) is 13.5 Å². The van der Waals surface area contributed by atoms with E-state index in [0.29, 0.717) is 23.1 Å². The van der Waals surface area contributed by atoms with E-state index >= 15 is 0 Å². The fraction of sp³-hybridized carbons (Fsp3) is 0.150. The van der Waals surface area contributed by atoms with E-state index in [4.69, 9.17) is 21.1 Å². The number of amides is 1. The summed E-state index contributed by atoms with van der Waals surface area (Å²) in [6.07, 6.45) is 2.94. The largest absolute Gasteiger partial charge is 0.454 e. The Morgan fingerprint density at radius 3 is 2.75 bits per heavy atom. The SMILES string of the molecule is Cc1ccc(NC(=O)c2cnc(NCc3ccc4c(c3)OCO4)cn2)cc1Cl. The molecule has 0 fully saturated rings. The normalized spacial score (nSPS) is 11.9. The molecular formula is C20H17ClN4O3. The molecule has 0 spiro atoms. The summed E-state index contributed by atoms with van der Waals surface area (Å²) in [5.41, 5.74) is 2.78. The molecule has 1 aromatic heterocycles. The molecule has 0 bridgehead atoms. The number of benzene rings is 2. The predicted molar refractivity (Wildman–Crippen MR) is 106 cm³/mol. The Kier molecular flexibility index (Phi) is 4.99. The summed E-state index contributed by atoms with van der Waals surface area (Å²) < 4.78 is 10.7. The number of anilines is 2. The smallest absolute Gasteiger partial charge is 0.275 e. The van der Waals surface area contributed by atoms with E-state index in [0.717, 1.165) is 22.6 Å². The van der Waals surface area contributed by atoms with Gasteiger partial charge in [-0.3, -0.25) is 4.79 Å². The Bertz CT molecular complexity index is 1020. The Morgan fingerprint density at radius 2 is 1.96 bits per heavy atom. The van der Waals surface area contributed by atoms with E-state index < -0.39 is 0 Å². The highest BCUT2D eigenvalue weighted by atomic mass is 35.5. The number of aryl methyl sites for hydroxylation is 1. The lowest BCUT2D eigenvalue weighted by atomic mass is 10.2. The number of hydrogen-bond acceptors (Lipinski definition) is 6. The van der Waals surface area contributed by atoms with Gasteiger partial charge in [-0.25, -0.2) is 9.97 Å². The fourth-order valence-corrected chi connectivity index (χ4v) is 2.83. The van der Waals surface area contributed by atoms with E-state index in [1.165, 1.54) is 12.4 Å². The zero-order valence-electron chi connectivity index (χ0n) is 15.0. The van der Waals surface area contributed by atoms with Crippen LogP contribution in [0.1, 0.15) is 21.6 Å². The molecule has 2 aromatic carbocycles. The van der Waals surface area contributed by atoms with Crippen molar-refractivity contribution in [2.75, 3.05) is 17.4 Å². The molecule has 0 saturated heterocycles. The number of fused-ring (bicyclic) bond motifs is 1. The van der Waals surface area contributed by atoms with Crippen LogP contribution in [0.2, 0.25) is 5.02 Å². The van der Waals surface area contributed by atoms with Gasteiger partial charge in [0, 0.05) is 17.3 Å². The van der Waals surface area contributed by atoms with Crippen LogP contribution >= 0.6 is 11.6 Å². The van der Waals surface area contributed by atoms with Gasteiger partial charge in [-0.05, 0) is 42.3 Å². The zero-order valence-corrected chi connectivity index (χ0v) is 15.8. The molecule has 3 aromatic rings. The first-order valence-corrected chi connectivity index (χ1v) is 8.98. The van der Waals surface area contributed by atoms with Gasteiger partial charge in [0.25, 0.3) is 5.91 Å². The standard InChI is InChI=1S/C20H17ClN4O3/c1-12-2-4-14(7-15(12)21)25-20(26)16-9-24-19(10-22-16)23-8-13-3-5-17-18(6-13)28-11-27-17/h2-7,9-10H,8,11H2,1H3,(H,23,24)(H,25,26). The van der Waals surface area contributed by atoms with Gasteiger partial charge in [-0.1, -0.05) is 23.7 Å². The molecule has 2 N–H and O–H groups in total. The number of halogens is 1. The molecule has 0 radical (unpaired) electrons. The van der Waals surface area contributed by atoms with Crippen molar-refractivity contribution in [3.05, 3.63) is 70.6 Å². The van der Waals surface area contributed by atoms with Gasteiger partial charge < -0.3 is 20.1 Å².